The second kappa shape index (κ2) is 30.7. The maximum absolute atomic E-state index is 7.76. The van der Waals surface area contributed by atoms with E-state index in [0.717, 1.165) is 52.1 Å². The molecule has 0 saturated heterocycles. The standard InChI is InChI=1S/C42H86O5Si2/c1-5-9-13-17-21-29-37-43-48(41-33-25-26-34-41,44-38-30-22-18-14-10-6-2)47-49(42-35-27-28-36-42,45-39-31-23-19-15-11-7-3)46-40-32-24-20-16-12-8-4/h41-42H,5-40H2,1-4H3. The normalized spacial score (nSPS) is 16.4. The van der Waals surface area contributed by atoms with Crippen LogP contribution in [0.1, 0.15) is 233 Å². The first-order valence-corrected chi connectivity index (χ1v) is 26.0. The van der Waals surface area contributed by atoms with E-state index < -0.39 is 17.6 Å². The van der Waals surface area contributed by atoms with E-state index in [-0.39, 0.29) is 0 Å². The second-order valence-electron chi connectivity index (χ2n) is 15.7. The van der Waals surface area contributed by atoms with Crippen LogP contribution < -0.4 is 0 Å². The zero-order chi connectivity index (χ0) is 35.1. The van der Waals surface area contributed by atoms with Crippen LogP contribution in [0.25, 0.3) is 0 Å². The molecule has 0 heterocycles. The van der Waals surface area contributed by atoms with E-state index in [1.54, 1.807) is 0 Å². The Morgan fingerprint density at radius 2 is 0.551 bits per heavy atom. The average Bonchev–Trinajstić information content (AvgIpc) is 3.86. The fourth-order valence-electron chi connectivity index (χ4n) is 7.98. The summed E-state index contributed by atoms with van der Waals surface area (Å²) in [6, 6.07) is 0. The largest absolute Gasteiger partial charge is 0.496 e. The van der Waals surface area contributed by atoms with E-state index in [0.29, 0.717) is 11.1 Å². The van der Waals surface area contributed by atoms with Gasteiger partial charge in [0.05, 0.1) is 0 Å². The fourth-order valence-corrected chi connectivity index (χ4v) is 16.9. The first kappa shape index (κ1) is 45.4. The predicted octanol–water partition coefficient (Wildman–Crippen LogP) is 14.3. The zero-order valence-corrected chi connectivity index (χ0v) is 35.7. The fraction of sp³-hybridized carbons (Fsp3) is 1.00. The molecule has 0 amide bonds. The van der Waals surface area contributed by atoms with Gasteiger partial charge < -0.3 is 21.8 Å². The summed E-state index contributed by atoms with van der Waals surface area (Å²) < 4.78 is 36.5. The highest BCUT2D eigenvalue weighted by Crippen LogP contribution is 2.47. The van der Waals surface area contributed by atoms with Crippen LogP contribution in [-0.2, 0) is 21.8 Å². The minimum absolute atomic E-state index is 0.385. The van der Waals surface area contributed by atoms with Crippen molar-refractivity contribution in [2.75, 3.05) is 26.4 Å². The van der Waals surface area contributed by atoms with Gasteiger partial charge in [-0.2, -0.15) is 0 Å². The van der Waals surface area contributed by atoms with Crippen molar-refractivity contribution in [2.45, 2.75) is 244 Å². The molecule has 0 unspecified atom stereocenters. The van der Waals surface area contributed by atoms with Gasteiger partial charge >= 0.3 is 17.6 Å². The molecule has 0 aromatic heterocycles. The van der Waals surface area contributed by atoms with Gasteiger partial charge in [0.25, 0.3) is 0 Å². The van der Waals surface area contributed by atoms with E-state index in [4.69, 9.17) is 21.8 Å². The first-order valence-electron chi connectivity index (χ1n) is 22.4. The summed E-state index contributed by atoms with van der Waals surface area (Å²) in [5.74, 6) is 0. The van der Waals surface area contributed by atoms with E-state index in [9.17, 15) is 0 Å². The molecule has 0 aromatic carbocycles. The van der Waals surface area contributed by atoms with E-state index in [1.165, 1.54) is 180 Å². The molecule has 0 spiro atoms. The highest BCUT2D eigenvalue weighted by molar-refractivity contribution is 6.76. The molecule has 7 heteroatoms. The summed E-state index contributed by atoms with van der Waals surface area (Å²) >= 11 is 0. The van der Waals surface area contributed by atoms with Gasteiger partial charge in [0, 0.05) is 37.5 Å². The molecular formula is C42H86O5Si2. The van der Waals surface area contributed by atoms with Crippen molar-refractivity contribution in [3.63, 3.8) is 0 Å². The molecule has 2 fully saturated rings. The summed E-state index contributed by atoms with van der Waals surface area (Å²) in [6.45, 7) is 12.2. The van der Waals surface area contributed by atoms with Crippen molar-refractivity contribution in [3.05, 3.63) is 0 Å². The third kappa shape index (κ3) is 19.8. The molecule has 0 radical (unpaired) electrons. The molecule has 2 aliphatic rings. The summed E-state index contributed by atoms with van der Waals surface area (Å²) in [6.07, 6.45) is 40.2. The summed E-state index contributed by atoms with van der Waals surface area (Å²) in [4.78, 5) is 0. The molecule has 0 aromatic rings. The third-order valence-electron chi connectivity index (χ3n) is 11.2. The minimum Gasteiger partial charge on any atom is -0.374 e. The molecule has 2 saturated carbocycles. The van der Waals surface area contributed by atoms with E-state index in [2.05, 4.69) is 27.7 Å². The molecule has 0 atom stereocenters. The molecule has 2 rings (SSSR count). The van der Waals surface area contributed by atoms with Crippen LogP contribution in [0.3, 0.4) is 0 Å². The molecule has 2 aliphatic carbocycles. The quantitative estimate of drug-likeness (QED) is 0.0475. The zero-order valence-electron chi connectivity index (χ0n) is 33.7. The van der Waals surface area contributed by atoms with E-state index in [1.807, 2.05) is 0 Å². The Balaban J connectivity index is 2.29. The number of unbranched alkanes of at least 4 members (excludes halogenated alkanes) is 20. The molecule has 5 nitrogen and oxygen atoms in total. The second-order valence-corrected chi connectivity index (χ2v) is 21.8. The van der Waals surface area contributed by atoms with Gasteiger partial charge in [-0.3, -0.25) is 0 Å². The van der Waals surface area contributed by atoms with Gasteiger partial charge in [0.15, 0.2) is 0 Å². The lowest BCUT2D eigenvalue weighted by molar-refractivity contribution is 0.0262. The van der Waals surface area contributed by atoms with Crippen LogP contribution in [0.2, 0.25) is 11.1 Å². The van der Waals surface area contributed by atoms with Crippen molar-refractivity contribution in [1.82, 2.24) is 0 Å². The lowest BCUT2D eigenvalue weighted by Crippen LogP contribution is -2.62. The Kier molecular flexibility index (Phi) is 28.4. The average molecular weight is 727 g/mol. The molecule has 0 N–H and O–H groups in total. The smallest absolute Gasteiger partial charge is 0.374 e. The highest BCUT2D eigenvalue weighted by atomic mass is 28.5. The summed E-state index contributed by atoms with van der Waals surface area (Å²) in [5.41, 5.74) is 0.771. The molecule has 0 aliphatic heterocycles. The van der Waals surface area contributed by atoms with Crippen LogP contribution >= 0.6 is 0 Å². The minimum atomic E-state index is -3.08. The van der Waals surface area contributed by atoms with Crippen LogP contribution in [0, 0.1) is 0 Å². The molecule has 0 bridgehead atoms. The van der Waals surface area contributed by atoms with Crippen molar-refractivity contribution >= 4 is 17.6 Å². The third-order valence-corrected chi connectivity index (χ3v) is 19.1. The van der Waals surface area contributed by atoms with Gasteiger partial charge in [-0.25, -0.2) is 0 Å². The Bertz CT molecular complexity index is 619. The SMILES string of the molecule is CCCCCCCCO[Si](OCCCCCCCC)(O[Si](OCCCCCCCC)(OCCCCCCCC)C1CCCC1)C1CCCC1. The number of rotatable bonds is 36. The highest BCUT2D eigenvalue weighted by Gasteiger charge is 2.61. The first-order chi connectivity index (χ1) is 24.2. The molecular weight excluding hydrogens is 641 g/mol. The van der Waals surface area contributed by atoms with Gasteiger partial charge in [-0.1, -0.05) is 182 Å². The predicted molar refractivity (Wildman–Crippen MR) is 214 cm³/mol. The summed E-state index contributed by atoms with van der Waals surface area (Å²) in [5, 5.41) is 0. The van der Waals surface area contributed by atoms with Gasteiger partial charge in [-0.05, 0) is 51.4 Å². The van der Waals surface area contributed by atoms with Crippen LogP contribution in [0.15, 0.2) is 0 Å². The number of hydrogen-bond donors (Lipinski definition) is 0. The van der Waals surface area contributed by atoms with E-state index >= 15 is 0 Å². The van der Waals surface area contributed by atoms with Crippen molar-refractivity contribution in [2.24, 2.45) is 0 Å². The maximum atomic E-state index is 7.76. The lowest BCUT2D eigenvalue weighted by Gasteiger charge is -2.43. The van der Waals surface area contributed by atoms with Gasteiger partial charge in [0.1, 0.15) is 0 Å². The molecule has 292 valence electrons. The van der Waals surface area contributed by atoms with Crippen molar-refractivity contribution in [1.29, 1.82) is 0 Å². The van der Waals surface area contributed by atoms with Crippen LogP contribution in [-0.4, -0.2) is 44.0 Å². The van der Waals surface area contributed by atoms with Crippen molar-refractivity contribution < 1.29 is 21.8 Å². The Hall–Kier alpha value is 0.234. The van der Waals surface area contributed by atoms with Crippen molar-refractivity contribution in [3.8, 4) is 0 Å². The maximum Gasteiger partial charge on any atom is 0.496 e. The monoisotopic (exact) mass is 727 g/mol. The Morgan fingerprint density at radius 1 is 0.327 bits per heavy atom. The van der Waals surface area contributed by atoms with Crippen LogP contribution in [0.4, 0.5) is 0 Å². The van der Waals surface area contributed by atoms with Crippen LogP contribution in [0.5, 0.6) is 0 Å². The Morgan fingerprint density at radius 3 is 0.796 bits per heavy atom. The number of hydrogen-bond acceptors (Lipinski definition) is 5. The van der Waals surface area contributed by atoms with Gasteiger partial charge in [-0.15, -0.1) is 0 Å². The topological polar surface area (TPSA) is 46.2 Å². The van der Waals surface area contributed by atoms with Gasteiger partial charge in [0.2, 0.25) is 0 Å². The lowest BCUT2D eigenvalue weighted by atomic mass is 10.1. The molecule has 49 heavy (non-hydrogen) atoms. The Labute approximate surface area is 309 Å². The summed E-state index contributed by atoms with van der Waals surface area (Å²) in [7, 11) is -6.15.